The molecular weight excluding hydrogens is 436 g/mol. The molecule has 2 amide bonds. The summed E-state index contributed by atoms with van der Waals surface area (Å²) in [4.78, 5) is 39.6. The molecule has 1 N–H and O–H groups in total. The van der Waals surface area contributed by atoms with Crippen molar-refractivity contribution in [3.8, 4) is 0 Å². The molecule has 8 heteroatoms. The van der Waals surface area contributed by atoms with Crippen molar-refractivity contribution in [1.82, 2.24) is 10.2 Å². The number of amides is 2. The van der Waals surface area contributed by atoms with Crippen LogP contribution in [-0.4, -0.2) is 62.6 Å². The number of nitrogens with zero attached hydrogens (tertiary/aromatic N) is 1. The van der Waals surface area contributed by atoms with Gasteiger partial charge in [0.05, 0.1) is 23.6 Å². The summed E-state index contributed by atoms with van der Waals surface area (Å²) in [5.74, 6) is -0.509. The van der Waals surface area contributed by atoms with Crippen molar-refractivity contribution < 1.29 is 23.5 Å². The maximum absolute atomic E-state index is 13.1. The zero-order chi connectivity index (χ0) is 25.1. The Kier molecular flexibility index (Phi) is 8.51. The summed E-state index contributed by atoms with van der Waals surface area (Å²) in [7, 11) is -1.43. The minimum atomic E-state index is -1.43. The van der Waals surface area contributed by atoms with Gasteiger partial charge in [-0.3, -0.25) is 14.5 Å². The third kappa shape index (κ3) is 6.03. The zero-order valence-corrected chi connectivity index (χ0v) is 22.3. The predicted molar refractivity (Wildman–Crippen MR) is 132 cm³/mol. The number of hydrogen-bond acceptors (Lipinski definition) is 5. The number of likely N-dealkylation sites (tertiary alicyclic amines) is 1. The number of nitrogens with one attached hydrogen (secondary N) is 1. The molecule has 2 heterocycles. The first-order valence-electron chi connectivity index (χ1n) is 11.6. The van der Waals surface area contributed by atoms with Crippen LogP contribution in [0.5, 0.6) is 0 Å². The summed E-state index contributed by atoms with van der Waals surface area (Å²) in [6, 6.07) is -0.557. The van der Waals surface area contributed by atoms with Gasteiger partial charge in [-0.15, -0.1) is 0 Å². The number of carbonyl (C=O) groups is 3. The molecule has 0 spiro atoms. The summed E-state index contributed by atoms with van der Waals surface area (Å²) in [6.07, 6.45) is 3.67. The Labute approximate surface area is 200 Å². The Morgan fingerprint density at radius 1 is 1.27 bits per heavy atom. The minimum absolute atomic E-state index is 0.0556. The summed E-state index contributed by atoms with van der Waals surface area (Å²) in [5.41, 5.74) is 0.546. The molecule has 184 valence electrons. The number of allylic oxidation sites excluding steroid dienone is 1. The Morgan fingerprint density at radius 2 is 1.91 bits per heavy atom. The number of Topliss-reactive ketones (excluding diaryl/α,β-unsaturated/α-hetero) is 1. The fraction of sp³-hybridized carbons (Fsp3) is 0.640. The van der Waals surface area contributed by atoms with Gasteiger partial charge in [0, 0.05) is 13.0 Å². The fourth-order valence-corrected chi connectivity index (χ4v) is 6.06. The lowest BCUT2D eigenvalue weighted by Crippen LogP contribution is -2.70. The van der Waals surface area contributed by atoms with Crippen molar-refractivity contribution >= 4 is 26.8 Å². The van der Waals surface area contributed by atoms with E-state index in [1.165, 1.54) is 6.08 Å². The third-order valence-electron chi connectivity index (χ3n) is 6.71. The van der Waals surface area contributed by atoms with Crippen molar-refractivity contribution in [2.24, 2.45) is 11.3 Å². The van der Waals surface area contributed by atoms with Crippen LogP contribution in [0.4, 0.5) is 4.79 Å². The standard InChI is InChI=1S/C25H40N2O5Si/c1-10-11-31-23(30)27-15-16(2)12-18(27)13-17(3)20(28)14-19-21(22(29)26-19)25(7,24(4,5)6)32-33(8)9/h10,13,18-19,21,33H,1-2,11-12,14-15H2,3-9H3,(H,26,29)/b17-13+/t18-,19+,21+,25+/m0/s1. The van der Waals surface area contributed by atoms with Gasteiger partial charge in [0.25, 0.3) is 0 Å². The molecule has 33 heavy (non-hydrogen) atoms. The first kappa shape index (κ1) is 27.1. The lowest BCUT2D eigenvalue weighted by Gasteiger charge is -2.54. The minimum Gasteiger partial charge on any atom is -0.445 e. The van der Waals surface area contributed by atoms with Gasteiger partial charge in [-0.25, -0.2) is 4.79 Å². The molecule has 2 rings (SSSR count). The van der Waals surface area contributed by atoms with Crippen molar-refractivity contribution in [3.63, 3.8) is 0 Å². The molecule has 2 fully saturated rings. The highest BCUT2D eigenvalue weighted by Crippen LogP contribution is 2.45. The van der Waals surface area contributed by atoms with Gasteiger partial charge in [0.2, 0.25) is 5.91 Å². The van der Waals surface area contributed by atoms with Crippen LogP contribution in [-0.2, 0) is 18.8 Å². The van der Waals surface area contributed by atoms with Crippen LogP contribution in [0.2, 0.25) is 13.1 Å². The van der Waals surface area contributed by atoms with E-state index in [1.54, 1.807) is 11.8 Å². The molecular formula is C25H40N2O5Si. The smallest absolute Gasteiger partial charge is 0.410 e. The van der Waals surface area contributed by atoms with Crippen molar-refractivity contribution in [1.29, 1.82) is 0 Å². The molecule has 0 aliphatic carbocycles. The molecule has 2 saturated heterocycles. The van der Waals surface area contributed by atoms with Gasteiger partial charge in [0.1, 0.15) is 6.61 Å². The number of ketones is 1. The van der Waals surface area contributed by atoms with Crippen LogP contribution < -0.4 is 5.32 Å². The highest BCUT2D eigenvalue weighted by Gasteiger charge is 2.57. The van der Waals surface area contributed by atoms with Gasteiger partial charge in [0.15, 0.2) is 14.8 Å². The molecule has 0 aromatic carbocycles. The lowest BCUT2D eigenvalue weighted by atomic mass is 9.63. The largest absolute Gasteiger partial charge is 0.445 e. The molecule has 0 unspecified atom stereocenters. The van der Waals surface area contributed by atoms with E-state index in [2.05, 4.69) is 52.3 Å². The summed E-state index contributed by atoms with van der Waals surface area (Å²) in [5, 5.41) is 2.92. The average molecular weight is 477 g/mol. The van der Waals surface area contributed by atoms with Gasteiger partial charge in [-0.2, -0.15) is 0 Å². The normalized spacial score (nSPS) is 25.4. The Hall–Kier alpha value is -2.19. The van der Waals surface area contributed by atoms with Crippen LogP contribution in [0.25, 0.3) is 0 Å². The van der Waals surface area contributed by atoms with Gasteiger partial charge >= 0.3 is 6.09 Å². The number of carbonyl (C=O) groups excluding carboxylic acids is 3. The Morgan fingerprint density at radius 3 is 2.42 bits per heavy atom. The SMILES string of the molecule is C=CCOC(=O)N1CC(=C)C[C@H]1/C=C(\C)C(=O)C[C@H]1NC(=O)[C@@H]1[C@@](C)(O[SiH](C)C)C(C)(C)C. The monoisotopic (exact) mass is 476 g/mol. The molecule has 0 saturated carbocycles. The first-order chi connectivity index (χ1) is 15.2. The van der Waals surface area contributed by atoms with E-state index < -0.39 is 20.7 Å². The van der Waals surface area contributed by atoms with Crippen LogP contribution in [0, 0.1) is 11.3 Å². The van der Waals surface area contributed by atoms with E-state index in [9.17, 15) is 14.4 Å². The summed E-state index contributed by atoms with van der Waals surface area (Å²) >= 11 is 0. The quantitative estimate of drug-likeness (QED) is 0.237. The average Bonchev–Trinajstić information content (AvgIpc) is 3.03. The van der Waals surface area contributed by atoms with Gasteiger partial charge in [-0.1, -0.05) is 51.7 Å². The molecule has 0 bridgehead atoms. The predicted octanol–water partition coefficient (Wildman–Crippen LogP) is 3.76. The summed E-state index contributed by atoms with van der Waals surface area (Å²) < 4.78 is 11.6. The second-order valence-corrected chi connectivity index (χ2v) is 12.9. The molecule has 7 nitrogen and oxygen atoms in total. The Balaban J connectivity index is 2.15. The highest BCUT2D eigenvalue weighted by atomic mass is 28.3. The van der Waals surface area contributed by atoms with Crippen LogP contribution in [0.3, 0.4) is 0 Å². The van der Waals surface area contributed by atoms with Gasteiger partial charge < -0.3 is 14.5 Å². The molecule has 0 radical (unpaired) electrons. The first-order valence-corrected chi connectivity index (χ1v) is 14.4. The van der Waals surface area contributed by atoms with Gasteiger partial charge in [-0.05, 0) is 44.4 Å². The topological polar surface area (TPSA) is 84.9 Å². The maximum atomic E-state index is 13.1. The number of β-lactam (4-membered cyclic amide) rings is 1. The summed E-state index contributed by atoms with van der Waals surface area (Å²) in [6.45, 7) is 22.3. The van der Waals surface area contributed by atoms with E-state index in [-0.39, 0.29) is 48.1 Å². The van der Waals surface area contributed by atoms with Crippen LogP contribution >= 0.6 is 0 Å². The zero-order valence-electron chi connectivity index (χ0n) is 21.2. The number of ether oxygens (including phenoxy) is 1. The second kappa shape index (κ2) is 10.4. The molecule has 0 aromatic heterocycles. The third-order valence-corrected chi connectivity index (χ3v) is 7.68. The molecule has 2 aliphatic rings. The molecule has 2 aliphatic heterocycles. The van der Waals surface area contributed by atoms with E-state index >= 15 is 0 Å². The number of hydrogen-bond donors (Lipinski definition) is 1. The molecule has 0 aromatic rings. The van der Waals surface area contributed by atoms with E-state index in [4.69, 9.17) is 9.16 Å². The number of rotatable bonds is 9. The highest BCUT2D eigenvalue weighted by molar-refractivity contribution is 6.48. The van der Waals surface area contributed by atoms with Crippen LogP contribution in [0.15, 0.2) is 36.5 Å². The van der Waals surface area contributed by atoms with Crippen molar-refractivity contribution in [2.75, 3.05) is 13.2 Å². The van der Waals surface area contributed by atoms with E-state index in [1.807, 2.05) is 13.0 Å². The van der Waals surface area contributed by atoms with E-state index in [0.717, 1.165) is 5.57 Å². The lowest BCUT2D eigenvalue weighted by molar-refractivity contribution is -0.160. The Bertz CT molecular complexity index is 844. The van der Waals surface area contributed by atoms with Crippen molar-refractivity contribution in [2.45, 2.75) is 78.2 Å². The maximum Gasteiger partial charge on any atom is 0.410 e. The fourth-order valence-electron chi connectivity index (χ4n) is 4.58. The molecule has 4 atom stereocenters. The van der Waals surface area contributed by atoms with E-state index in [0.29, 0.717) is 18.5 Å². The van der Waals surface area contributed by atoms with Crippen LogP contribution in [0.1, 0.15) is 47.5 Å². The second-order valence-electron chi connectivity index (χ2n) is 10.6. The van der Waals surface area contributed by atoms with Crippen molar-refractivity contribution in [3.05, 3.63) is 36.5 Å².